The number of nitrogens with one attached hydrogen (secondary N) is 1. The first kappa shape index (κ1) is 13.4. The van der Waals surface area contributed by atoms with Gasteiger partial charge in [-0.1, -0.05) is 12.1 Å². The molecule has 1 unspecified atom stereocenters. The Hall–Kier alpha value is -1.06. The Balaban J connectivity index is 2.09. The van der Waals surface area contributed by atoms with E-state index in [9.17, 15) is 0 Å². The molecule has 0 amide bonds. The van der Waals surface area contributed by atoms with Crippen molar-refractivity contribution in [3.05, 3.63) is 29.8 Å². The lowest BCUT2D eigenvalue weighted by Crippen LogP contribution is -2.32. The molecule has 0 aromatic heterocycles. The van der Waals surface area contributed by atoms with Gasteiger partial charge in [0.1, 0.15) is 5.75 Å². The maximum absolute atomic E-state index is 5.50. The summed E-state index contributed by atoms with van der Waals surface area (Å²) in [5.74, 6) is 0.964. The number of likely N-dealkylation sites (tertiary alicyclic amines) is 1. The fourth-order valence-electron chi connectivity index (χ4n) is 2.66. The molecule has 3 heteroatoms. The van der Waals surface area contributed by atoms with Gasteiger partial charge in [0, 0.05) is 12.6 Å². The Morgan fingerprint density at radius 3 is 2.44 bits per heavy atom. The quantitative estimate of drug-likeness (QED) is 0.837. The van der Waals surface area contributed by atoms with Gasteiger partial charge in [-0.2, -0.15) is 0 Å². The number of nitrogens with zero attached hydrogens (tertiary/aromatic N) is 1. The second-order valence-electron chi connectivity index (χ2n) is 4.82. The van der Waals surface area contributed by atoms with Gasteiger partial charge in [0.25, 0.3) is 0 Å². The molecule has 2 rings (SSSR count). The highest BCUT2D eigenvalue weighted by Gasteiger charge is 2.22. The minimum absolute atomic E-state index is 0.494. The van der Waals surface area contributed by atoms with Crippen molar-refractivity contribution in [1.82, 2.24) is 10.2 Å². The molecule has 1 aliphatic heterocycles. The molecular weight excluding hydrogens is 224 g/mol. The summed E-state index contributed by atoms with van der Waals surface area (Å²) in [5, 5.41) is 3.31. The third kappa shape index (κ3) is 3.24. The summed E-state index contributed by atoms with van der Waals surface area (Å²) in [7, 11) is 2.03. The fourth-order valence-corrected chi connectivity index (χ4v) is 2.66. The molecule has 1 saturated heterocycles. The number of rotatable bonds is 6. The van der Waals surface area contributed by atoms with Crippen molar-refractivity contribution >= 4 is 0 Å². The fraction of sp³-hybridized carbons (Fsp3) is 0.600. The van der Waals surface area contributed by atoms with Crippen LogP contribution in [-0.2, 0) is 0 Å². The maximum atomic E-state index is 5.50. The first-order chi connectivity index (χ1) is 8.85. The Bertz CT molecular complexity index is 344. The van der Waals surface area contributed by atoms with Crippen molar-refractivity contribution in [3.8, 4) is 5.75 Å². The molecule has 1 fully saturated rings. The van der Waals surface area contributed by atoms with Gasteiger partial charge in [0.05, 0.1) is 6.61 Å². The number of likely N-dealkylation sites (N-methyl/N-ethyl adjacent to an activating group) is 1. The number of hydrogen-bond acceptors (Lipinski definition) is 3. The average molecular weight is 248 g/mol. The second kappa shape index (κ2) is 6.76. The Morgan fingerprint density at radius 1 is 1.22 bits per heavy atom. The van der Waals surface area contributed by atoms with Gasteiger partial charge < -0.3 is 10.1 Å². The Labute approximate surface area is 110 Å². The van der Waals surface area contributed by atoms with E-state index >= 15 is 0 Å². The van der Waals surface area contributed by atoms with Crippen LogP contribution in [0.1, 0.15) is 31.4 Å². The highest BCUT2D eigenvalue weighted by Crippen LogP contribution is 2.26. The maximum Gasteiger partial charge on any atom is 0.119 e. The third-order valence-corrected chi connectivity index (χ3v) is 3.55. The van der Waals surface area contributed by atoms with Gasteiger partial charge in [-0.15, -0.1) is 0 Å². The van der Waals surface area contributed by atoms with Gasteiger partial charge >= 0.3 is 0 Å². The summed E-state index contributed by atoms with van der Waals surface area (Å²) in [6.07, 6.45) is 2.66. The predicted octanol–water partition coefficient (Wildman–Crippen LogP) is 2.44. The van der Waals surface area contributed by atoms with E-state index in [0.717, 1.165) is 18.9 Å². The van der Waals surface area contributed by atoms with Crippen LogP contribution in [0.2, 0.25) is 0 Å². The third-order valence-electron chi connectivity index (χ3n) is 3.55. The first-order valence-electron chi connectivity index (χ1n) is 6.96. The van der Waals surface area contributed by atoms with Crippen molar-refractivity contribution in [3.63, 3.8) is 0 Å². The molecule has 0 spiro atoms. The topological polar surface area (TPSA) is 24.5 Å². The van der Waals surface area contributed by atoms with E-state index < -0.39 is 0 Å². The predicted molar refractivity (Wildman–Crippen MR) is 75.1 cm³/mol. The van der Waals surface area contributed by atoms with E-state index in [0.29, 0.717) is 6.04 Å². The summed E-state index contributed by atoms with van der Waals surface area (Å²) < 4.78 is 5.50. The van der Waals surface area contributed by atoms with Crippen LogP contribution in [0.4, 0.5) is 0 Å². The molecule has 1 heterocycles. The Morgan fingerprint density at radius 2 is 1.89 bits per heavy atom. The Kier molecular flexibility index (Phi) is 5.02. The van der Waals surface area contributed by atoms with Crippen LogP contribution in [0, 0.1) is 0 Å². The van der Waals surface area contributed by atoms with Crippen molar-refractivity contribution in [2.24, 2.45) is 0 Å². The van der Waals surface area contributed by atoms with E-state index in [4.69, 9.17) is 4.74 Å². The smallest absolute Gasteiger partial charge is 0.119 e. The molecule has 0 saturated carbocycles. The van der Waals surface area contributed by atoms with Gasteiger partial charge in [-0.25, -0.2) is 0 Å². The summed E-state index contributed by atoms with van der Waals surface area (Å²) in [6.45, 7) is 6.19. The van der Waals surface area contributed by atoms with Crippen LogP contribution in [0.3, 0.4) is 0 Å². The zero-order valence-corrected chi connectivity index (χ0v) is 11.5. The minimum atomic E-state index is 0.494. The van der Waals surface area contributed by atoms with Gasteiger partial charge in [-0.3, -0.25) is 4.90 Å². The van der Waals surface area contributed by atoms with Crippen LogP contribution in [0.5, 0.6) is 5.75 Å². The van der Waals surface area contributed by atoms with Crippen molar-refractivity contribution in [1.29, 1.82) is 0 Å². The van der Waals surface area contributed by atoms with Crippen molar-refractivity contribution in [2.45, 2.75) is 25.8 Å². The zero-order chi connectivity index (χ0) is 12.8. The lowest BCUT2D eigenvalue weighted by Gasteiger charge is -2.27. The lowest BCUT2D eigenvalue weighted by atomic mass is 10.1. The molecule has 1 N–H and O–H groups in total. The monoisotopic (exact) mass is 248 g/mol. The van der Waals surface area contributed by atoms with E-state index in [1.165, 1.54) is 31.5 Å². The lowest BCUT2D eigenvalue weighted by molar-refractivity contribution is 0.242. The van der Waals surface area contributed by atoms with E-state index in [1.54, 1.807) is 0 Å². The standard InChI is InChI=1S/C15H24N2O/c1-3-18-14-8-6-13(7-9-14)15(12-16-2)17-10-4-5-11-17/h6-9,15-16H,3-5,10-12H2,1-2H3. The SMILES string of the molecule is CCOc1ccc(C(CNC)N2CCCC2)cc1. The molecule has 0 aliphatic carbocycles. The van der Waals surface area contributed by atoms with Gasteiger partial charge in [0.15, 0.2) is 0 Å². The summed E-state index contributed by atoms with van der Waals surface area (Å²) in [6, 6.07) is 9.05. The molecular formula is C15H24N2O. The molecule has 100 valence electrons. The van der Waals surface area contributed by atoms with E-state index in [2.05, 4.69) is 34.5 Å². The minimum Gasteiger partial charge on any atom is -0.494 e. The van der Waals surface area contributed by atoms with Crippen molar-refractivity contribution < 1.29 is 4.74 Å². The van der Waals surface area contributed by atoms with Crippen molar-refractivity contribution in [2.75, 3.05) is 33.3 Å². The molecule has 18 heavy (non-hydrogen) atoms. The molecule has 0 bridgehead atoms. The summed E-state index contributed by atoms with van der Waals surface area (Å²) in [4.78, 5) is 2.58. The van der Waals surface area contributed by atoms with Gasteiger partial charge in [-0.05, 0) is 57.6 Å². The number of hydrogen-bond donors (Lipinski definition) is 1. The van der Waals surface area contributed by atoms with Crippen LogP contribution >= 0.6 is 0 Å². The van der Waals surface area contributed by atoms with Crippen LogP contribution in [0.25, 0.3) is 0 Å². The van der Waals surface area contributed by atoms with Crippen LogP contribution < -0.4 is 10.1 Å². The molecule has 3 nitrogen and oxygen atoms in total. The van der Waals surface area contributed by atoms with E-state index in [-0.39, 0.29) is 0 Å². The first-order valence-corrected chi connectivity index (χ1v) is 6.96. The van der Waals surface area contributed by atoms with E-state index in [1.807, 2.05) is 14.0 Å². The zero-order valence-electron chi connectivity index (χ0n) is 11.5. The van der Waals surface area contributed by atoms with Gasteiger partial charge in [0.2, 0.25) is 0 Å². The molecule has 1 aliphatic rings. The molecule has 0 radical (unpaired) electrons. The number of benzene rings is 1. The molecule has 1 atom stereocenters. The molecule has 1 aromatic rings. The summed E-state index contributed by atoms with van der Waals surface area (Å²) >= 11 is 0. The number of ether oxygens (including phenoxy) is 1. The average Bonchev–Trinajstić information content (AvgIpc) is 2.91. The summed E-state index contributed by atoms with van der Waals surface area (Å²) in [5.41, 5.74) is 1.38. The highest BCUT2D eigenvalue weighted by atomic mass is 16.5. The highest BCUT2D eigenvalue weighted by molar-refractivity contribution is 5.29. The second-order valence-corrected chi connectivity index (χ2v) is 4.82. The normalized spacial score (nSPS) is 17.9. The molecule has 1 aromatic carbocycles. The van der Waals surface area contributed by atoms with Crippen LogP contribution in [-0.4, -0.2) is 38.2 Å². The van der Waals surface area contributed by atoms with Crippen LogP contribution in [0.15, 0.2) is 24.3 Å². The largest absolute Gasteiger partial charge is 0.494 e.